The van der Waals surface area contributed by atoms with Crippen molar-refractivity contribution in [3.63, 3.8) is 0 Å². The van der Waals surface area contributed by atoms with Crippen molar-refractivity contribution < 1.29 is 18.7 Å². The van der Waals surface area contributed by atoms with Gasteiger partial charge in [0.25, 0.3) is 11.8 Å². The summed E-state index contributed by atoms with van der Waals surface area (Å²) in [4.78, 5) is 30.2. The SMILES string of the molecule is COc1ccc(Cl)cc1NC(=O)c1oc2c(c1C)/C(=N/NC(=O)c1ccc3ccccc3n1)CCC2. The van der Waals surface area contributed by atoms with Gasteiger partial charge in [-0.1, -0.05) is 35.9 Å². The molecule has 9 heteroatoms. The zero-order valence-electron chi connectivity index (χ0n) is 19.7. The normalized spacial score (nSPS) is 13.9. The van der Waals surface area contributed by atoms with Gasteiger partial charge in [-0.15, -0.1) is 0 Å². The first-order valence-corrected chi connectivity index (χ1v) is 11.8. The summed E-state index contributed by atoms with van der Waals surface area (Å²) in [6.45, 7) is 1.81. The third-order valence-corrected chi connectivity index (χ3v) is 6.30. The number of pyridine rings is 1. The minimum Gasteiger partial charge on any atom is -0.495 e. The third-order valence-electron chi connectivity index (χ3n) is 6.07. The van der Waals surface area contributed by atoms with E-state index in [4.69, 9.17) is 20.8 Å². The van der Waals surface area contributed by atoms with Gasteiger partial charge in [0, 0.05) is 28.0 Å². The second-order valence-electron chi connectivity index (χ2n) is 8.40. The molecule has 2 amide bonds. The first-order chi connectivity index (χ1) is 17.4. The number of anilines is 1. The van der Waals surface area contributed by atoms with E-state index in [1.54, 1.807) is 31.2 Å². The van der Waals surface area contributed by atoms with E-state index in [1.165, 1.54) is 7.11 Å². The number of nitrogens with one attached hydrogen (secondary N) is 2. The zero-order chi connectivity index (χ0) is 25.2. The molecule has 182 valence electrons. The van der Waals surface area contributed by atoms with Crippen LogP contribution in [0.4, 0.5) is 5.69 Å². The summed E-state index contributed by atoms with van der Waals surface area (Å²) >= 11 is 6.08. The molecule has 0 saturated heterocycles. The van der Waals surface area contributed by atoms with Crippen molar-refractivity contribution in [3.05, 3.63) is 88.0 Å². The molecule has 36 heavy (non-hydrogen) atoms. The number of fused-ring (bicyclic) bond motifs is 2. The maximum absolute atomic E-state index is 13.1. The second kappa shape index (κ2) is 9.83. The number of ether oxygens (including phenoxy) is 1. The Morgan fingerprint density at radius 2 is 1.92 bits per heavy atom. The Kier molecular flexibility index (Phi) is 6.43. The van der Waals surface area contributed by atoms with Crippen LogP contribution in [-0.4, -0.2) is 29.6 Å². The number of methoxy groups -OCH3 is 1. The van der Waals surface area contributed by atoms with Gasteiger partial charge in [0.05, 0.1) is 24.0 Å². The van der Waals surface area contributed by atoms with Crippen LogP contribution >= 0.6 is 11.6 Å². The summed E-state index contributed by atoms with van der Waals surface area (Å²) in [5.41, 5.74) is 6.11. The number of para-hydroxylation sites is 1. The molecule has 0 fully saturated rings. The monoisotopic (exact) mass is 502 g/mol. The lowest BCUT2D eigenvalue weighted by molar-refractivity contribution is 0.0949. The van der Waals surface area contributed by atoms with Crippen molar-refractivity contribution in [1.82, 2.24) is 10.4 Å². The fraction of sp³-hybridized carbons (Fsp3) is 0.185. The molecule has 0 unspecified atom stereocenters. The van der Waals surface area contributed by atoms with Crippen molar-refractivity contribution in [2.75, 3.05) is 12.4 Å². The van der Waals surface area contributed by atoms with Crippen LogP contribution in [-0.2, 0) is 6.42 Å². The molecular weight excluding hydrogens is 480 g/mol. The third kappa shape index (κ3) is 4.55. The number of halogens is 1. The van der Waals surface area contributed by atoms with Crippen molar-refractivity contribution in [2.45, 2.75) is 26.2 Å². The largest absolute Gasteiger partial charge is 0.495 e. The molecule has 2 aromatic heterocycles. The Labute approximate surface area is 212 Å². The van der Waals surface area contributed by atoms with Crippen LogP contribution in [0.15, 0.2) is 64.1 Å². The Hall–Kier alpha value is -4.17. The van der Waals surface area contributed by atoms with E-state index in [9.17, 15) is 9.59 Å². The first-order valence-electron chi connectivity index (χ1n) is 11.4. The highest BCUT2D eigenvalue weighted by atomic mass is 35.5. The van der Waals surface area contributed by atoms with Crippen molar-refractivity contribution in [3.8, 4) is 5.75 Å². The van der Waals surface area contributed by atoms with Crippen LogP contribution in [0, 0.1) is 6.92 Å². The zero-order valence-corrected chi connectivity index (χ0v) is 20.5. The molecule has 5 rings (SSSR count). The average molecular weight is 503 g/mol. The predicted molar refractivity (Wildman–Crippen MR) is 138 cm³/mol. The second-order valence-corrected chi connectivity index (χ2v) is 8.83. The van der Waals surface area contributed by atoms with Crippen LogP contribution < -0.4 is 15.5 Å². The van der Waals surface area contributed by atoms with E-state index in [2.05, 4.69) is 20.8 Å². The fourth-order valence-corrected chi connectivity index (χ4v) is 4.49. The quantitative estimate of drug-likeness (QED) is 0.349. The summed E-state index contributed by atoms with van der Waals surface area (Å²) < 4.78 is 11.3. The van der Waals surface area contributed by atoms with Crippen molar-refractivity contribution >= 4 is 45.7 Å². The van der Waals surface area contributed by atoms with E-state index < -0.39 is 11.8 Å². The number of aromatic nitrogens is 1. The summed E-state index contributed by atoms with van der Waals surface area (Å²) in [7, 11) is 1.51. The highest BCUT2D eigenvalue weighted by molar-refractivity contribution is 6.31. The van der Waals surface area contributed by atoms with Gasteiger partial charge >= 0.3 is 0 Å². The number of hydrazone groups is 1. The first kappa shape index (κ1) is 23.6. The highest BCUT2D eigenvalue weighted by Gasteiger charge is 2.28. The molecule has 0 atom stereocenters. The van der Waals surface area contributed by atoms with Gasteiger partial charge in [-0.3, -0.25) is 9.59 Å². The summed E-state index contributed by atoms with van der Waals surface area (Å²) in [6.07, 6.45) is 2.09. The number of nitrogens with zero attached hydrogens (tertiary/aromatic N) is 2. The molecule has 1 aliphatic rings. The molecule has 0 radical (unpaired) electrons. The van der Waals surface area contributed by atoms with Gasteiger partial charge in [0.1, 0.15) is 17.2 Å². The number of hydrogen-bond acceptors (Lipinski definition) is 6. The lowest BCUT2D eigenvalue weighted by Crippen LogP contribution is -2.23. The van der Waals surface area contributed by atoms with Crippen LogP contribution in [0.25, 0.3) is 10.9 Å². The summed E-state index contributed by atoms with van der Waals surface area (Å²) in [5.74, 6) is 0.491. The van der Waals surface area contributed by atoms with Crippen LogP contribution in [0.5, 0.6) is 5.75 Å². The summed E-state index contributed by atoms with van der Waals surface area (Å²) in [6, 6.07) is 16.1. The molecule has 2 aromatic carbocycles. The highest BCUT2D eigenvalue weighted by Crippen LogP contribution is 2.32. The number of hydrogen-bond donors (Lipinski definition) is 2. The number of rotatable bonds is 5. The topological polar surface area (TPSA) is 106 Å². The van der Waals surface area contributed by atoms with Crippen LogP contribution in [0.1, 0.15) is 50.8 Å². The molecule has 8 nitrogen and oxygen atoms in total. The predicted octanol–water partition coefficient (Wildman–Crippen LogP) is 5.52. The maximum atomic E-state index is 13.1. The standard InChI is InChI=1S/C27H23ClN4O4/c1-15-24-19(31-32-26(33)20-12-10-16-6-3-4-7-18(16)29-20)8-5-9-23(24)36-25(15)27(34)30-21-14-17(28)11-13-22(21)35-2/h3-4,6-7,10-14H,5,8-9H2,1-2H3,(H,30,34)(H,32,33)/b31-19+. The van der Waals surface area contributed by atoms with E-state index in [0.717, 1.165) is 22.9 Å². The van der Waals surface area contributed by atoms with E-state index in [0.29, 0.717) is 46.3 Å². The van der Waals surface area contributed by atoms with Crippen LogP contribution in [0.3, 0.4) is 0 Å². The molecule has 2 N–H and O–H groups in total. The van der Waals surface area contributed by atoms with E-state index >= 15 is 0 Å². The number of benzene rings is 2. The lowest BCUT2D eigenvalue weighted by Gasteiger charge is -2.13. The number of carbonyl (C=O) groups is 2. The van der Waals surface area contributed by atoms with Crippen molar-refractivity contribution in [2.24, 2.45) is 5.10 Å². The smallest absolute Gasteiger partial charge is 0.291 e. The van der Waals surface area contributed by atoms with E-state index in [1.807, 2.05) is 30.3 Å². The molecule has 1 aliphatic carbocycles. The molecule has 0 spiro atoms. The Bertz CT molecular complexity index is 1530. The Morgan fingerprint density at radius 3 is 2.75 bits per heavy atom. The lowest BCUT2D eigenvalue weighted by atomic mass is 9.93. The van der Waals surface area contributed by atoms with Gasteiger partial charge in [0.15, 0.2) is 5.76 Å². The molecule has 0 saturated carbocycles. The molecular formula is C27H23ClN4O4. The molecule has 2 heterocycles. The minimum atomic E-state index is -0.425. The Morgan fingerprint density at radius 1 is 1.08 bits per heavy atom. The van der Waals surface area contributed by atoms with Crippen molar-refractivity contribution in [1.29, 1.82) is 0 Å². The number of furan rings is 1. The molecule has 0 aliphatic heterocycles. The summed E-state index contributed by atoms with van der Waals surface area (Å²) in [5, 5.41) is 8.61. The molecule has 4 aromatic rings. The van der Waals surface area contributed by atoms with Gasteiger partial charge in [0.2, 0.25) is 0 Å². The maximum Gasteiger partial charge on any atom is 0.291 e. The van der Waals surface area contributed by atoms with Gasteiger partial charge in [-0.25, -0.2) is 10.4 Å². The number of carbonyl (C=O) groups excluding carboxylic acids is 2. The van der Waals surface area contributed by atoms with E-state index in [-0.39, 0.29) is 11.5 Å². The van der Waals surface area contributed by atoms with Crippen LogP contribution in [0.2, 0.25) is 5.02 Å². The average Bonchev–Trinajstić information content (AvgIpc) is 3.24. The number of amides is 2. The minimum absolute atomic E-state index is 0.180. The number of aryl methyl sites for hydroxylation is 1. The van der Waals surface area contributed by atoms with Gasteiger partial charge < -0.3 is 14.5 Å². The fourth-order valence-electron chi connectivity index (χ4n) is 4.32. The Balaban J connectivity index is 1.39. The molecule has 0 bridgehead atoms. The van der Waals surface area contributed by atoms with Gasteiger partial charge in [-0.2, -0.15) is 5.10 Å². The van der Waals surface area contributed by atoms with Gasteiger partial charge in [-0.05, 0) is 50.1 Å².